The van der Waals surface area contributed by atoms with Crippen molar-refractivity contribution >= 4 is 45.2 Å². The van der Waals surface area contributed by atoms with Gasteiger partial charge in [-0.3, -0.25) is 4.98 Å². The number of nitrogens with zero attached hydrogens (tertiary/aromatic N) is 4. The lowest BCUT2D eigenvalue weighted by Crippen LogP contribution is -2.47. The summed E-state index contributed by atoms with van der Waals surface area (Å²) in [5.74, 6) is 0.864. The lowest BCUT2D eigenvalue weighted by atomic mass is 10.2. The van der Waals surface area contributed by atoms with Gasteiger partial charge in [-0.05, 0) is 62.3 Å². The van der Waals surface area contributed by atoms with Crippen molar-refractivity contribution in [2.24, 2.45) is 0 Å². The van der Waals surface area contributed by atoms with Crippen LogP contribution in [-0.2, 0) is 0 Å². The molecule has 3 N–H and O–H groups in total. The van der Waals surface area contributed by atoms with Crippen molar-refractivity contribution in [3.8, 4) is 0 Å². The molecule has 178 valence electrons. The molecule has 0 spiro atoms. The van der Waals surface area contributed by atoms with Gasteiger partial charge in [-0.25, -0.2) is 4.98 Å². The number of anilines is 2. The van der Waals surface area contributed by atoms with Crippen molar-refractivity contribution in [1.29, 1.82) is 0 Å². The molecule has 1 fully saturated rings. The second-order valence-corrected chi connectivity index (χ2v) is 9.30. The molecule has 0 aliphatic carbocycles. The molecule has 34 heavy (non-hydrogen) atoms. The highest BCUT2D eigenvalue weighted by Gasteiger charge is 2.16. The van der Waals surface area contributed by atoms with E-state index >= 15 is 0 Å². The fourth-order valence-corrected chi connectivity index (χ4v) is 4.75. The van der Waals surface area contributed by atoms with Crippen LogP contribution >= 0.6 is 11.6 Å². The zero-order valence-corrected chi connectivity index (χ0v) is 20.2. The Morgan fingerprint density at radius 3 is 2.35 bits per heavy atom. The highest BCUT2D eigenvalue weighted by atomic mass is 35.5. The molecule has 0 bridgehead atoms. The van der Waals surface area contributed by atoms with Crippen LogP contribution in [0.4, 0.5) is 11.6 Å². The number of aromatic nitrogens is 3. The third-order valence-corrected chi connectivity index (χ3v) is 6.70. The second kappa shape index (κ2) is 11.0. The number of nitrogens with one attached hydrogen (secondary N) is 3. The maximum Gasteiger partial charge on any atom is 0.201 e. The number of benzene rings is 2. The Balaban J connectivity index is 0.965. The maximum atomic E-state index is 6.09. The summed E-state index contributed by atoms with van der Waals surface area (Å²) in [6.07, 6.45) is 4.08. The van der Waals surface area contributed by atoms with Gasteiger partial charge in [-0.15, -0.1) is 0 Å². The second-order valence-electron chi connectivity index (χ2n) is 8.87. The van der Waals surface area contributed by atoms with E-state index in [1.54, 1.807) is 0 Å². The van der Waals surface area contributed by atoms with E-state index in [2.05, 4.69) is 41.5 Å². The summed E-state index contributed by atoms with van der Waals surface area (Å²) < 4.78 is 0. The maximum absolute atomic E-state index is 6.09. The van der Waals surface area contributed by atoms with E-state index < -0.39 is 0 Å². The molecule has 5 rings (SSSR count). The molecule has 1 aliphatic heterocycles. The van der Waals surface area contributed by atoms with Crippen LogP contribution in [-0.4, -0.2) is 77.1 Å². The quantitative estimate of drug-likeness (QED) is 0.288. The Labute approximate surface area is 205 Å². The third-order valence-electron chi connectivity index (χ3n) is 6.47. The standard InChI is InChI=1S/C26H32ClN7/c27-20-7-8-21-22(9-12-29-25(21)19-20)28-10-3-13-33-15-17-34(18-16-33)14-4-11-30-26-31-23-5-1-2-6-24(23)32-26/h1-2,5-9,12,19H,3-4,10-11,13-18H2,(H,28,29)(H2,30,31,32). The molecule has 1 aliphatic rings. The van der Waals surface area contributed by atoms with Crippen LogP contribution in [0.15, 0.2) is 54.7 Å². The SMILES string of the molecule is Clc1ccc2c(NCCCN3CCN(CCCNc4nc5ccccc5[nH]4)CC3)ccnc2c1. The fourth-order valence-electron chi connectivity index (χ4n) is 4.58. The van der Waals surface area contributed by atoms with Gasteiger partial charge in [0.2, 0.25) is 5.95 Å². The number of imidazole rings is 1. The highest BCUT2D eigenvalue weighted by Crippen LogP contribution is 2.24. The number of hydrogen-bond donors (Lipinski definition) is 3. The zero-order valence-electron chi connectivity index (χ0n) is 19.4. The molecule has 8 heteroatoms. The Hall–Kier alpha value is -2.87. The number of aromatic amines is 1. The molecule has 0 amide bonds. The van der Waals surface area contributed by atoms with Gasteiger partial charge in [0, 0.05) is 61.6 Å². The molecule has 0 saturated carbocycles. The van der Waals surface area contributed by atoms with Crippen molar-refractivity contribution in [2.45, 2.75) is 12.8 Å². The Morgan fingerprint density at radius 1 is 0.853 bits per heavy atom. The van der Waals surface area contributed by atoms with Gasteiger partial charge in [0.15, 0.2) is 0 Å². The number of para-hydroxylation sites is 2. The summed E-state index contributed by atoms with van der Waals surface area (Å²) >= 11 is 6.09. The summed E-state index contributed by atoms with van der Waals surface area (Å²) in [4.78, 5) is 17.5. The summed E-state index contributed by atoms with van der Waals surface area (Å²) in [5.41, 5.74) is 4.15. The van der Waals surface area contributed by atoms with Gasteiger partial charge < -0.3 is 25.4 Å². The van der Waals surface area contributed by atoms with Gasteiger partial charge in [0.25, 0.3) is 0 Å². The Bertz CT molecular complexity index is 1180. The number of halogens is 1. The van der Waals surface area contributed by atoms with E-state index in [0.717, 1.165) is 104 Å². The number of H-pyrrole nitrogens is 1. The van der Waals surface area contributed by atoms with Gasteiger partial charge in [-0.2, -0.15) is 0 Å². The monoisotopic (exact) mass is 477 g/mol. The van der Waals surface area contributed by atoms with Gasteiger partial charge >= 0.3 is 0 Å². The number of piperazine rings is 1. The first-order chi connectivity index (χ1) is 16.7. The Morgan fingerprint density at radius 2 is 1.59 bits per heavy atom. The first-order valence-electron chi connectivity index (χ1n) is 12.2. The van der Waals surface area contributed by atoms with E-state index in [-0.39, 0.29) is 0 Å². The molecule has 0 radical (unpaired) electrons. The van der Waals surface area contributed by atoms with Crippen LogP contribution in [0.3, 0.4) is 0 Å². The average Bonchev–Trinajstić information content (AvgIpc) is 3.28. The van der Waals surface area contributed by atoms with E-state index in [1.165, 1.54) is 0 Å². The van der Waals surface area contributed by atoms with Crippen LogP contribution < -0.4 is 10.6 Å². The number of hydrogen-bond acceptors (Lipinski definition) is 6. The van der Waals surface area contributed by atoms with E-state index in [1.807, 2.05) is 48.7 Å². The smallest absolute Gasteiger partial charge is 0.201 e. The van der Waals surface area contributed by atoms with Gasteiger partial charge in [0.1, 0.15) is 0 Å². The van der Waals surface area contributed by atoms with Gasteiger partial charge in [0.05, 0.1) is 16.6 Å². The predicted octanol–water partition coefficient (Wildman–Crippen LogP) is 4.69. The first-order valence-corrected chi connectivity index (χ1v) is 12.5. The molecular formula is C26H32ClN7. The van der Waals surface area contributed by atoms with Crippen LogP contribution in [0.1, 0.15) is 12.8 Å². The normalized spacial score (nSPS) is 15.2. The van der Waals surface area contributed by atoms with Crippen molar-refractivity contribution in [1.82, 2.24) is 24.8 Å². The van der Waals surface area contributed by atoms with Crippen LogP contribution in [0.25, 0.3) is 21.9 Å². The third kappa shape index (κ3) is 5.78. The number of fused-ring (bicyclic) bond motifs is 2. The highest BCUT2D eigenvalue weighted by molar-refractivity contribution is 6.31. The molecular weight excluding hydrogens is 446 g/mol. The minimum atomic E-state index is 0.721. The minimum Gasteiger partial charge on any atom is -0.384 e. The van der Waals surface area contributed by atoms with Crippen LogP contribution in [0.5, 0.6) is 0 Å². The molecule has 1 saturated heterocycles. The first kappa shape index (κ1) is 22.9. The molecule has 3 heterocycles. The molecule has 0 unspecified atom stereocenters. The van der Waals surface area contributed by atoms with Crippen molar-refractivity contribution in [2.75, 3.05) is 63.0 Å². The van der Waals surface area contributed by atoms with E-state index in [9.17, 15) is 0 Å². The van der Waals surface area contributed by atoms with Crippen molar-refractivity contribution in [3.63, 3.8) is 0 Å². The topological polar surface area (TPSA) is 72.1 Å². The summed E-state index contributed by atoms with van der Waals surface area (Å²) in [7, 11) is 0. The summed E-state index contributed by atoms with van der Waals surface area (Å²) in [6.45, 7) is 8.73. The lowest BCUT2D eigenvalue weighted by Gasteiger charge is -2.34. The molecule has 2 aromatic carbocycles. The zero-order chi connectivity index (χ0) is 23.2. The predicted molar refractivity (Wildman–Crippen MR) is 142 cm³/mol. The lowest BCUT2D eigenvalue weighted by molar-refractivity contribution is 0.132. The van der Waals surface area contributed by atoms with Gasteiger partial charge in [-0.1, -0.05) is 23.7 Å². The summed E-state index contributed by atoms with van der Waals surface area (Å²) in [6, 6.07) is 16.0. The number of pyridine rings is 1. The largest absolute Gasteiger partial charge is 0.384 e. The fraction of sp³-hybridized carbons (Fsp3) is 0.385. The van der Waals surface area contributed by atoms with E-state index in [4.69, 9.17) is 11.6 Å². The van der Waals surface area contributed by atoms with Crippen LogP contribution in [0.2, 0.25) is 5.02 Å². The Kier molecular flexibility index (Phi) is 7.43. The minimum absolute atomic E-state index is 0.721. The molecule has 0 atom stereocenters. The summed E-state index contributed by atoms with van der Waals surface area (Å²) in [5, 5.41) is 8.84. The van der Waals surface area contributed by atoms with Crippen LogP contribution in [0, 0.1) is 0 Å². The average molecular weight is 478 g/mol. The number of rotatable bonds is 10. The molecule has 4 aromatic rings. The molecule has 2 aromatic heterocycles. The van der Waals surface area contributed by atoms with Crippen molar-refractivity contribution < 1.29 is 0 Å². The van der Waals surface area contributed by atoms with E-state index in [0.29, 0.717) is 0 Å². The molecule has 7 nitrogen and oxygen atoms in total. The van der Waals surface area contributed by atoms with Crippen molar-refractivity contribution in [3.05, 3.63) is 59.8 Å².